The molecule has 2 heterocycles. The first-order valence-corrected chi connectivity index (χ1v) is 11.3. The highest BCUT2D eigenvalue weighted by Crippen LogP contribution is 2.28. The van der Waals surface area contributed by atoms with Crippen LogP contribution in [0.15, 0.2) is 57.7 Å². The number of carbonyl (C=O) groups is 2. The maximum Gasteiger partial charge on any atom is 0.337 e. The lowest BCUT2D eigenvalue weighted by atomic mass is 10.1. The molecule has 0 atom stereocenters. The largest absolute Gasteiger partial charge is 0.478 e. The van der Waals surface area contributed by atoms with Crippen LogP contribution < -0.4 is 0 Å². The number of carbonyl (C=O) groups excluding carboxylic acids is 1. The molecular weight excluding hydrogens is 568 g/mol. The molecule has 0 radical (unpaired) electrons. The Morgan fingerprint density at radius 2 is 1.28 bits per heavy atom. The number of aromatic carboxylic acids is 1. The highest BCUT2D eigenvalue weighted by atomic mass is 79.9. The minimum atomic E-state index is -0.899. The molecule has 4 rings (SSSR count). The molecule has 29 heavy (non-hydrogen) atoms. The smallest absolute Gasteiger partial charge is 0.337 e. The number of hydrogen-bond donors (Lipinski definition) is 1. The molecule has 0 bridgehead atoms. The number of carboxylic acids is 1. The van der Waals surface area contributed by atoms with Gasteiger partial charge in [0.25, 0.3) is 0 Å². The van der Waals surface area contributed by atoms with Gasteiger partial charge in [0.1, 0.15) is 0 Å². The van der Waals surface area contributed by atoms with Gasteiger partial charge in [-0.1, -0.05) is 47.8 Å². The number of nitrogens with zero attached hydrogens (tertiary/aromatic N) is 2. The lowest BCUT2D eigenvalue weighted by Gasteiger charge is -2.04. The Morgan fingerprint density at radius 1 is 0.828 bits per heavy atom. The second kappa shape index (κ2) is 8.85. The number of halogens is 3. The number of Topliss-reactive ketones (excluding diaryl/α,β-unsaturated/α-hetero) is 1. The molecule has 0 saturated heterocycles. The van der Waals surface area contributed by atoms with Gasteiger partial charge >= 0.3 is 5.97 Å². The van der Waals surface area contributed by atoms with Crippen molar-refractivity contribution in [2.24, 2.45) is 14.1 Å². The number of ketones is 1. The second-order valence-electron chi connectivity index (χ2n) is 6.43. The molecule has 1 N–H and O–H groups in total. The van der Waals surface area contributed by atoms with Gasteiger partial charge in [0, 0.05) is 51.8 Å². The SMILES string of the molecule is Cn1ccc2c(Br)ccc(C(=O)CBr)c21.Cn1ccc2c(Br)ccc(C(=O)O)c21. The Balaban J connectivity index is 0.000000166. The molecule has 5 nitrogen and oxygen atoms in total. The van der Waals surface area contributed by atoms with Crippen LogP contribution in [-0.4, -0.2) is 31.3 Å². The molecule has 0 saturated carbocycles. The monoisotopic (exact) mass is 582 g/mol. The Labute approximate surface area is 192 Å². The zero-order valence-electron chi connectivity index (χ0n) is 15.6. The van der Waals surface area contributed by atoms with Crippen LogP contribution in [-0.2, 0) is 14.1 Å². The van der Waals surface area contributed by atoms with E-state index in [-0.39, 0.29) is 5.78 Å². The first-order valence-electron chi connectivity index (χ1n) is 8.55. The van der Waals surface area contributed by atoms with Crippen molar-refractivity contribution in [2.45, 2.75) is 0 Å². The van der Waals surface area contributed by atoms with Crippen LogP contribution in [0.3, 0.4) is 0 Å². The van der Waals surface area contributed by atoms with Crippen LogP contribution in [0.1, 0.15) is 20.7 Å². The third kappa shape index (κ3) is 4.20. The van der Waals surface area contributed by atoms with E-state index in [1.807, 2.05) is 59.9 Å². The van der Waals surface area contributed by atoms with Crippen molar-refractivity contribution < 1.29 is 14.7 Å². The average Bonchev–Trinajstić information content (AvgIpc) is 3.27. The summed E-state index contributed by atoms with van der Waals surface area (Å²) in [6, 6.07) is 11.0. The molecule has 0 unspecified atom stereocenters. The van der Waals surface area contributed by atoms with Crippen LogP contribution >= 0.6 is 47.8 Å². The highest BCUT2D eigenvalue weighted by Gasteiger charge is 2.13. The molecule has 2 aromatic carbocycles. The van der Waals surface area contributed by atoms with E-state index >= 15 is 0 Å². The van der Waals surface area contributed by atoms with Gasteiger partial charge in [0.2, 0.25) is 0 Å². The van der Waals surface area contributed by atoms with Crippen LogP contribution in [0.5, 0.6) is 0 Å². The second-order valence-corrected chi connectivity index (χ2v) is 8.70. The van der Waals surface area contributed by atoms with Crippen molar-refractivity contribution in [2.75, 3.05) is 5.33 Å². The third-order valence-corrected chi connectivity index (χ3v) is 6.51. The molecular formula is C21H17Br3N2O3. The molecule has 4 aromatic rings. The first kappa shape index (κ1) is 21.8. The van der Waals surface area contributed by atoms with E-state index < -0.39 is 5.97 Å². The number of alkyl halides is 1. The normalized spacial score (nSPS) is 10.8. The first-order chi connectivity index (χ1) is 13.8. The number of benzene rings is 2. The number of carboxylic acid groups (broad SMARTS) is 1. The molecule has 8 heteroatoms. The summed E-state index contributed by atoms with van der Waals surface area (Å²) >= 11 is 10.1. The molecule has 2 aromatic heterocycles. The highest BCUT2D eigenvalue weighted by molar-refractivity contribution is 9.11. The zero-order valence-corrected chi connectivity index (χ0v) is 20.4. The fourth-order valence-corrected chi connectivity index (χ4v) is 4.44. The van der Waals surface area contributed by atoms with Gasteiger partial charge in [-0.2, -0.15) is 0 Å². The number of fused-ring (bicyclic) bond motifs is 2. The predicted octanol–water partition coefficient (Wildman–Crippen LogP) is 6.16. The number of aryl methyl sites for hydroxylation is 2. The summed E-state index contributed by atoms with van der Waals surface area (Å²) in [5.74, 6) is -0.793. The summed E-state index contributed by atoms with van der Waals surface area (Å²) in [5.41, 5.74) is 2.81. The molecule has 0 fully saturated rings. The van der Waals surface area contributed by atoms with E-state index in [2.05, 4.69) is 47.8 Å². The van der Waals surface area contributed by atoms with E-state index in [0.29, 0.717) is 10.9 Å². The maximum absolute atomic E-state index is 11.7. The van der Waals surface area contributed by atoms with Crippen LogP contribution in [0.25, 0.3) is 21.8 Å². The van der Waals surface area contributed by atoms with Gasteiger partial charge in [-0.3, -0.25) is 4.79 Å². The van der Waals surface area contributed by atoms with Gasteiger partial charge in [-0.05, 0) is 36.4 Å². The minimum absolute atomic E-state index is 0.106. The van der Waals surface area contributed by atoms with Crippen molar-refractivity contribution in [3.05, 3.63) is 68.9 Å². The lowest BCUT2D eigenvalue weighted by Crippen LogP contribution is -2.03. The summed E-state index contributed by atoms with van der Waals surface area (Å²) in [4.78, 5) is 22.7. The van der Waals surface area contributed by atoms with E-state index in [0.717, 1.165) is 36.3 Å². The zero-order chi connectivity index (χ0) is 21.3. The Morgan fingerprint density at radius 3 is 1.72 bits per heavy atom. The summed E-state index contributed by atoms with van der Waals surface area (Å²) in [7, 11) is 3.78. The predicted molar refractivity (Wildman–Crippen MR) is 126 cm³/mol. The standard InChI is InChI=1S/C11H9Br2NO.C10H8BrNO2/c1-14-5-4-7-9(13)3-2-8(11(7)14)10(15)6-12;1-12-5-4-6-8(11)3-2-7(9(6)12)10(13)14/h2-5H,6H2,1H3;2-5H,1H3,(H,13,14). The maximum atomic E-state index is 11.7. The fourth-order valence-electron chi connectivity index (χ4n) is 3.24. The average molecular weight is 585 g/mol. The third-order valence-electron chi connectivity index (χ3n) is 4.61. The molecule has 0 aliphatic carbocycles. The number of rotatable bonds is 3. The van der Waals surface area contributed by atoms with E-state index in [1.165, 1.54) is 0 Å². The van der Waals surface area contributed by atoms with E-state index in [9.17, 15) is 9.59 Å². The fraction of sp³-hybridized carbons (Fsp3) is 0.143. The number of aromatic nitrogens is 2. The lowest BCUT2D eigenvalue weighted by molar-refractivity contribution is 0.0698. The van der Waals surface area contributed by atoms with Crippen molar-refractivity contribution in [1.29, 1.82) is 0 Å². The molecule has 0 spiro atoms. The van der Waals surface area contributed by atoms with Crippen molar-refractivity contribution in [3.63, 3.8) is 0 Å². The molecule has 0 aliphatic heterocycles. The van der Waals surface area contributed by atoms with Gasteiger partial charge in [-0.15, -0.1) is 0 Å². The Bertz CT molecular complexity index is 1240. The quantitative estimate of drug-likeness (QED) is 0.232. The van der Waals surface area contributed by atoms with Gasteiger partial charge < -0.3 is 14.2 Å². The Hall–Kier alpha value is -1.90. The van der Waals surface area contributed by atoms with E-state index in [4.69, 9.17) is 5.11 Å². The molecule has 150 valence electrons. The van der Waals surface area contributed by atoms with Crippen LogP contribution in [0.2, 0.25) is 0 Å². The topological polar surface area (TPSA) is 64.2 Å². The minimum Gasteiger partial charge on any atom is -0.478 e. The molecule has 0 aliphatic rings. The Kier molecular flexibility index (Phi) is 6.65. The van der Waals surface area contributed by atoms with Crippen LogP contribution in [0, 0.1) is 0 Å². The van der Waals surface area contributed by atoms with Gasteiger partial charge in [0.05, 0.1) is 21.9 Å². The van der Waals surface area contributed by atoms with Gasteiger partial charge in [-0.25, -0.2) is 4.79 Å². The summed E-state index contributed by atoms with van der Waals surface area (Å²) in [5, 5.41) is 11.3. The van der Waals surface area contributed by atoms with Gasteiger partial charge in [0.15, 0.2) is 5.78 Å². The summed E-state index contributed by atoms with van der Waals surface area (Å²) in [6.07, 6.45) is 3.81. The summed E-state index contributed by atoms with van der Waals surface area (Å²) < 4.78 is 5.71. The van der Waals surface area contributed by atoms with Crippen molar-refractivity contribution in [3.8, 4) is 0 Å². The van der Waals surface area contributed by atoms with Crippen LogP contribution in [0.4, 0.5) is 0 Å². The summed E-state index contributed by atoms with van der Waals surface area (Å²) in [6.45, 7) is 0. The van der Waals surface area contributed by atoms with Crippen molar-refractivity contribution >= 4 is 81.3 Å². The van der Waals surface area contributed by atoms with Crippen molar-refractivity contribution in [1.82, 2.24) is 9.13 Å². The molecule has 0 amide bonds. The number of hydrogen-bond acceptors (Lipinski definition) is 2. The van der Waals surface area contributed by atoms with E-state index in [1.54, 1.807) is 12.1 Å².